The number of hydrogen-bond acceptors (Lipinski definition) is 6. The highest BCUT2D eigenvalue weighted by atomic mass is 32.1. The van der Waals surface area contributed by atoms with E-state index in [1.54, 1.807) is 43.3 Å². The molecule has 2 aromatic carbocycles. The summed E-state index contributed by atoms with van der Waals surface area (Å²) in [5, 5.41) is 7.75. The summed E-state index contributed by atoms with van der Waals surface area (Å²) in [6, 6.07) is 12.2. The number of anilines is 1. The van der Waals surface area contributed by atoms with Crippen LogP contribution in [0.25, 0.3) is 21.5 Å². The Morgan fingerprint density at radius 3 is 2.42 bits per heavy atom. The van der Waals surface area contributed by atoms with Gasteiger partial charge in [0.2, 0.25) is 5.91 Å². The zero-order valence-corrected chi connectivity index (χ0v) is 17.5. The lowest BCUT2D eigenvalue weighted by Crippen LogP contribution is -2.30. The molecule has 7 nitrogen and oxygen atoms in total. The Labute approximate surface area is 180 Å². The van der Waals surface area contributed by atoms with Crippen molar-refractivity contribution in [1.82, 2.24) is 14.8 Å². The molecule has 0 aliphatic rings. The number of fused-ring (bicyclic) bond motifs is 1. The summed E-state index contributed by atoms with van der Waals surface area (Å²) >= 11 is 1.32. The molecule has 0 bridgehead atoms. The summed E-state index contributed by atoms with van der Waals surface area (Å²) in [6.45, 7) is 2.91. The Morgan fingerprint density at radius 1 is 1.10 bits per heavy atom. The van der Waals surface area contributed by atoms with Crippen molar-refractivity contribution in [1.29, 1.82) is 0 Å². The average Bonchev–Trinajstić information content (AvgIpc) is 3.13. The molecule has 9 heteroatoms. The first-order valence-corrected chi connectivity index (χ1v) is 10.2. The Bertz CT molecular complexity index is 1360. The van der Waals surface area contributed by atoms with Crippen LogP contribution in [0.3, 0.4) is 0 Å². The Hall–Kier alpha value is -3.72. The van der Waals surface area contributed by atoms with Gasteiger partial charge >= 0.3 is 0 Å². The van der Waals surface area contributed by atoms with Crippen molar-refractivity contribution < 1.29 is 14.0 Å². The van der Waals surface area contributed by atoms with Gasteiger partial charge in [-0.05, 0) is 62.4 Å². The highest BCUT2D eigenvalue weighted by Gasteiger charge is 2.18. The van der Waals surface area contributed by atoms with E-state index in [1.165, 1.54) is 30.4 Å². The van der Waals surface area contributed by atoms with Crippen LogP contribution in [0.1, 0.15) is 22.3 Å². The number of rotatable bonds is 5. The van der Waals surface area contributed by atoms with E-state index in [0.717, 1.165) is 4.68 Å². The first kappa shape index (κ1) is 20.5. The highest BCUT2D eigenvalue weighted by molar-refractivity contribution is 7.19. The number of nitrogens with one attached hydrogen (secondary N) is 1. The summed E-state index contributed by atoms with van der Waals surface area (Å²) in [5.74, 6) is -0.917. The van der Waals surface area contributed by atoms with E-state index in [2.05, 4.69) is 15.4 Å². The fourth-order valence-corrected chi connectivity index (χ4v) is 4.01. The first-order valence-electron chi connectivity index (χ1n) is 9.37. The van der Waals surface area contributed by atoms with E-state index >= 15 is 0 Å². The SMILES string of the molecule is CC(=O)c1ccc(NC(=O)Cn2nc(-c3ccc(F)cc3)c3sc(C)nc3c2=O)cc1. The third kappa shape index (κ3) is 4.26. The van der Waals surface area contributed by atoms with Gasteiger partial charge in [-0.15, -0.1) is 11.3 Å². The topological polar surface area (TPSA) is 93.9 Å². The van der Waals surface area contributed by atoms with Crippen LogP contribution in [0, 0.1) is 12.7 Å². The molecule has 0 aliphatic carbocycles. The van der Waals surface area contributed by atoms with Gasteiger partial charge in [-0.2, -0.15) is 5.10 Å². The number of halogens is 1. The van der Waals surface area contributed by atoms with Crippen molar-refractivity contribution in [3.8, 4) is 11.3 Å². The normalized spacial score (nSPS) is 10.9. The monoisotopic (exact) mass is 436 g/mol. The maximum atomic E-state index is 13.4. The lowest BCUT2D eigenvalue weighted by atomic mass is 10.1. The lowest BCUT2D eigenvalue weighted by molar-refractivity contribution is -0.117. The quantitative estimate of drug-likeness (QED) is 0.480. The van der Waals surface area contributed by atoms with Crippen molar-refractivity contribution in [2.24, 2.45) is 0 Å². The molecule has 1 N–H and O–H groups in total. The van der Waals surface area contributed by atoms with Crippen molar-refractivity contribution in [3.05, 3.63) is 75.3 Å². The number of carbonyl (C=O) groups is 2. The van der Waals surface area contributed by atoms with Crippen LogP contribution in [0.2, 0.25) is 0 Å². The zero-order chi connectivity index (χ0) is 22.1. The van der Waals surface area contributed by atoms with Gasteiger partial charge in [-0.3, -0.25) is 14.4 Å². The molecule has 31 heavy (non-hydrogen) atoms. The van der Waals surface area contributed by atoms with Crippen LogP contribution in [0.5, 0.6) is 0 Å². The summed E-state index contributed by atoms with van der Waals surface area (Å²) in [5.41, 5.74) is 1.84. The molecule has 0 spiro atoms. The molecule has 0 atom stereocenters. The van der Waals surface area contributed by atoms with Crippen molar-refractivity contribution in [2.45, 2.75) is 20.4 Å². The second-order valence-corrected chi connectivity index (χ2v) is 8.11. The van der Waals surface area contributed by atoms with Crippen LogP contribution in [-0.4, -0.2) is 26.5 Å². The number of aryl methyl sites for hydroxylation is 1. The number of Topliss-reactive ketones (excluding diaryl/α,β-unsaturated/α-hetero) is 1. The predicted octanol–water partition coefficient (Wildman–Crippen LogP) is 3.81. The Balaban J connectivity index is 1.67. The second kappa shape index (κ2) is 8.19. The van der Waals surface area contributed by atoms with Gasteiger partial charge in [0.15, 0.2) is 11.3 Å². The van der Waals surface area contributed by atoms with Crippen LogP contribution >= 0.6 is 11.3 Å². The molecule has 0 fully saturated rings. The first-order chi connectivity index (χ1) is 14.8. The summed E-state index contributed by atoms with van der Waals surface area (Å²) in [4.78, 5) is 41.1. The minimum Gasteiger partial charge on any atom is -0.324 e. The number of amides is 1. The van der Waals surface area contributed by atoms with Gasteiger partial charge in [0.25, 0.3) is 5.56 Å². The lowest BCUT2D eigenvalue weighted by Gasteiger charge is -2.10. The molecular formula is C22H17FN4O3S. The minimum atomic E-state index is -0.479. The number of aromatic nitrogens is 3. The van der Waals surface area contributed by atoms with E-state index in [-0.39, 0.29) is 23.7 Å². The number of carbonyl (C=O) groups excluding carboxylic acids is 2. The molecule has 2 heterocycles. The Morgan fingerprint density at radius 2 is 1.77 bits per heavy atom. The second-order valence-electron chi connectivity index (χ2n) is 6.91. The molecule has 0 saturated carbocycles. The molecule has 4 aromatic rings. The Kier molecular flexibility index (Phi) is 5.43. The van der Waals surface area contributed by atoms with Crippen LogP contribution in [0.4, 0.5) is 10.1 Å². The molecule has 2 aromatic heterocycles. The third-order valence-electron chi connectivity index (χ3n) is 4.59. The van der Waals surface area contributed by atoms with Crippen LogP contribution < -0.4 is 10.9 Å². The number of nitrogens with zero attached hydrogens (tertiary/aromatic N) is 3. The van der Waals surface area contributed by atoms with E-state index in [1.807, 2.05) is 0 Å². The molecule has 4 rings (SSSR count). The maximum absolute atomic E-state index is 13.4. The number of ketones is 1. The van der Waals surface area contributed by atoms with Crippen molar-refractivity contribution in [2.75, 3.05) is 5.32 Å². The molecule has 0 radical (unpaired) electrons. The van der Waals surface area contributed by atoms with Crippen LogP contribution in [0.15, 0.2) is 53.3 Å². The average molecular weight is 436 g/mol. The van der Waals surface area contributed by atoms with Gasteiger partial charge in [-0.1, -0.05) is 0 Å². The molecule has 0 unspecified atom stereocenters. The fourth-order valence-electron chi connectivity index (χ4n) is 3.09. The van der Waals surface area contributed by atoms with Crippen LogP contribution in [-0.2, 0) is 11.3 Å². The fraction of sp³-hybridized carbons (Fsp3) is 0.136. The smallest absolute Gasteiger partial charge is 0.294 e. The molecule has 0 saturated heterocycles. The third-order valence-corrected chi connectivity index (χ3v) is 5.57. The van der Waals surface area contributed by atoms with Crippen molar-refractivity contribution >= 4 is 38.9 Å². The zero-order valence-electron chi connectivity index (χ0n) is 16.7. The molecule has 0 aliphatic heterocycles. The summed E-state index contributed by atoms with van der Waals surface area (Å²) in [7, 11) is 0. The highest BCUT2D eigenvalue weighted by Crippen LogP contribution is 2.29. The van der Waals surface area contributed by atoms with E-state index in [4.69, 9.17) is 0 Å². The molecular weight excluding hydrogens is 419 g/mol. The maximum Gasteiger partial charge on any atom is 0.294 e. The number of hydrogen-bond donors (Lipinski definition) is 1. The summed E-state index contributed by atoms with van der Waals surface area (Å²) < 4.78 is 15.0. The van der Waals surface area contributed by atoms with Gasteiger partial charge in [0.05, 0.1) is 9.71 Å². The molecule has 156 valence electrons. The van der Waals surface area contributed by atoms with E-state index in [0.29, 0.717) is 32.2 Å². The summed E-state index contributed by atoms with van der Waals surface area (Å²) in [6.07, 6.45) is 0. The van der Waals surface area contributed by atoms with Gasteiger partial charge in [0, 0.05) is 16.8 Å². The van der Waals surface area contributed by atoms with Gasteiger partial charge in [-0.25, -0.2) is 14.1 Å². The van der Waals surface area contributed by atoms with E-state index < -0.39 is 11.5 Å². The number of thiazole rings is 1. The van der Waals surface area contributed by atoms with Gasteiger partial charge < -0.3 is 5.32 Å². The molecule has 1 amide bonds. The van der Waals surface area contributed by atoms with Crippen molar-refractivity contribution in [3.63, 3.8) is 0 Å². The predicted molar refractivity (Wildman–Crippen MR) is 117 cm³/mol. The van der Waals surface area contributed by atoms with E-state index in [9.17, 15) is 18.8 Å². The standard InChI is InChI=1S/C22H17FN4O3S/c1-12(28)14-5-9-17(10-6-14)25-18(29)11-27-22(30)20-21(31-13(2)24-20)19(26-27)15-3-7-16(23)8-4-15/h3-10H,11H2,1-2H3,(H,25,29). The minimum absolute atomic E-state index is 0.0752. The van der Waals surface area contributed by atoms with Gasteiger partial charge in [0.1, 0.15) is 18.1 Å². The largest absolute Gasteiger partial charge is 0.324 e. The number of benzene rings is 2.